The van der Waals surface area contributed by atoms with Gasteiger partial charge in [0.1, 0.15) is 5.54 Å². The molecule has 0 saturated heterocycles. The predicted molar refractivity (Wildman–Crippen MR) is 77.8 cm³/mol. The van der Waals surface area contributed by atoms with E-state index in [1.807, 2.05) is 67.6 Å². The minimum atomic E-state index is -0.892. The van der Waals surface area contributed by atoms with Crippen LogP contribution in [-0.2, 0) is 16.8 Å². The van der Waals surface area contributed by atoms with Crippen molar-refractivity contribution in [3.05, 3.63) is 71.8 Å². The summed E-state index contributed by atoms with van der Waals surface area (Å²) in [5, 5.41) is 0. The second kappa shape index (κ2) is 5.81. The van der Waals surface area contributed by atoms with Gasteiger partial charge in [0.05, 0.1) is 0 Å². The van der Waals surface area contributed by atoms with Crippen LogP contribution >= 0.6 is 0 Å². The van der Waals surface area contributed by atoms with E-state index in [9.17, 15) is 4.79 Å². The van der Waals surface area contributed by atoms with Crippen molar-refractivity contribution < 1.29 is 4.79 Å². The van der Waals surface area contributed by atoms with E-state index in [-0.39, 0.29) is 5.78 Å². The van der Waals surface area contributed by atoms with Gasteiger partial charge in [-0.2, -0.15) is 0 Å². The number of carbonyl (C=O) groups is 1. The van der Waals surface area contributed by atoms with Gasteiger partial charge < -0.3 is 5.73 Å². The summed E-state index contributed by atoms with van der Waals surface area (Å²) in [6.45, 7) is 1.95. The van der Waals surface area contributed by atoms with Gasteiger partial charge in [-0.05, 0) is 17.5 Å². The van der Waals surface area contributed by atoms with E-state index in [0.717, 1.165) is 11.1 Å². The Balaban J connectivity index is 2.24. The van der Waals surface area contributed by atoms with Gasteiger partial charge in [0.25, 0.3) is 0 Å². The Bertz CT molecular complexity index is 536. The van der Waals surface area contributed by atoms with Crippen LogP contribution in [0.2, 0.25) is 0 Å². The molecule has 0 heterocycles. The molecular weight excluding hydrogens is 234 g/mol. The van der Waals surface area contributed by atoms with Crippen LogP contribution in [0.15, 0.2) is 60.7 Å². The number of hydrogen-bond donors (Lipinski definition) is 1. The van der Waals surface area contributed by atoms with Crippen molar-refractivity contribution in [3.63, 3.8) is 0 Å². The summed E-state index contributed by atoms with van der Waals surface area (Å²) in [6, 6.07) is 19.4. The molecule has 0 amide bonds. The maximum Gasteiger partial charge on any atom is 0.161 e. The minimum absolute atomic E-state index is 0.0624. The van der Waals surface area contributed by atoms with Gasteiger partial charge in [0, 0.05) is 6.42 Å². The normalized spacial score (nSPS) is 13.8. The lowest BCUT2D eigenvalue weighted by Crippen LogP contribution is -2.45. The summed E-state index contributed by atoms with van der Waals surface area (Å²) >= 11 is 0. The molecule has 0 aromatic heterocycles. The lowest BCUT2D eigenvalue weighted by Gasteiger charge is -2.27. The molecule has 2 rings (SSSR count). The SMILES string of the molecule is CCC(N)(C(=O)Cc1ccccc1)c1ccccc1. The lowest BCUT2D eigenvalue weighted by molar-refractivity contribution is -0.124. The molecule has 0 fully saturated rings. The fourth-order valence-corrected chi connectivity index (χ4v) is 2.24. The van der Waals surface area contributed by atoms with Gasteiger partial charge >= 0.3 is 0 Å². The van der Waals surface area contributed by atoms with Gasteiger partial charge in [-0.1, -0.05) is 67.6 Å². The van der Waals surface area contributed by atoms with Crippen molar-refractivity contribution in [3.8, 4) is 0 Å². The molecular formula is C17H19NO. The molecule has 0 spiro atoms. The first-order chi connectivity index (χ1) is 9.16. The topological polar surface area (TPSA) is 43.1 Å². The molecule has 0 aliphatic rings. The van der Waals surface area contributed by atoms with E-state index in [4.69, 9.17) is 5.73 Å². The zero-order valence-corrected chi connectivity index (χ0v) is 11.2. The highest BCUT2D eigenvalue weighted by molar-refractivity contribution is 5.91. The number of ketones is 1. The second-order valence-corrected chi connectivity index (χ2v) is 4.78. The second-order valence-electron chi connectivity index (χ2n) is 4.78. The van der Waals surface area contributed by atoms with Gasteiger partial charge in [-0.25, -0.2) is 0 Å². The van der Waals surface area contributed by atoms with Crippen molar-refractivity contribution in [2.45, 2.75) is 25.3 Å². The molecule has 2 nitrogen and oxygen atoms in total. The van der Waals surface area contributed by atoms with Crippen LogP contribution in [0, 0.1) is 0 Å². The van der Waals surface area contributed by atoms with Gasteiger partial charge in [-0.15, -0.1) is 0 Å². The van der Waals surface area contributed by atoms with Crippen molar-refractivity contribution >= 4 is 5.78 Å². The lowest BCUT2D eigenvalue weighted by atomic mass is 9.82. The Morgan fingerprint density at radius 2 is 1.53 bits per heavy atom. The molecule has 0 aliphatic carbocycles. The van der Waals surface area contributed by atoms with E-state index in [0.29, 0.717) is 12.8 Å². The molecule has 2 N–H and O–H groups in total. The van der Waals surface area contributed by atoms with Crippen molar-refractivity contribution in [1.82, 2.24) is 0 Å². The molecule has 19 heavy (non-hydrogen) atoms. The van der Waals surface area contributed by atoms with Crippen LogP contribution in [0.1, 0.15) is 24.5 Å². The first-order valence-corrected chi connectivity index (χ1v) is 6.58. The summed E-state index contributed by atoms with van der Waals surface area (Å²) in [5.41, 5.74) is 7.36. The van der Waals surface area contributed by atoms with E-state index in [1.54, 1.807) is 0 Å². The smallest absolute Gasteiger partial charge is 0.161 e. The quantitative estimate of drug-likeness (QED) is 0.890. The summed E-state index contributed by atoms with van der Waals surface area (Å²) in [5.74, 6) is 0.0624. The molecule has 1 unspecified atom stereocenters. The monoisotopic (exact) mass is 253 g/mol. The fraction of sp³-hybridized carbons (Fsp3) is 0.235. The number of Topliss-reactive ketones (excluding diaryl/α,β-unsaturated/α-hetero) is 1. The number of benzene rings is 2. The summed E-state index contributed by atoms with van der Waals surface area (Å²) in [4.78, 5) is 12.5. The van der Waals surface area contributed by atoms with Crippen LogP contribution in [-0.4, -0.2) is 5.78 Å². The number of nitrogens with two attached hydrogens (primary N) is 1. The van der Waals surface area contributed by atoms with E-state index in [1.165, 1.54) is 0 Å². The highest BCUT2D eigenvalue weighted by Crippen LogP contribution is 2.24. The van der Waals surface area contributed by atoms with Crippen LogP contribution in [0.3, 0.4) is 0 Å². The Kier molecular flexibility index (Phi) is 4.13. The maximum atomic E-state index is 12.5. The Morgan fingerprint density at radius 1 is 1.00 bits per heavy atom. The molecule has 1 atom stereocenters. The summed E-state index contributed by atoms with van der Waals surface area (Å²) in [6.07, 6.45) is 0.975. The maximum absolute atomic E-state index is 12.5. The third-order valence-corrected chi connectivity index (χ3v) is 3.55. The zero-order valence-electron chi connectivity index (χ0n) is 11.2. The molecule has 2 aromatic rings. The molecule has 2 aromatic carbocycles. The average Bonchev–Trinajstić information content (AvgIpc) is 2.48. The van der Waals surface area contributed by atoms with Gasteiger partial charge in [0.15, 0.2) is 5.78 Å². The van der Waals surface area contributed by atoms with E-state index < -0.39 is 5.54 Å². The molecule has 0 radical (unpaired) electrons. The summed E-state index contributed by atoms with van der Waals surface area (Å²) < 4.78 is 0. The largest absolute Gasteiger partial charge is 0.315 e. The van der Waals surface area contributed by atoms with Crippen molar-refractivity contribution in [2.24, 2.45) is 5.73 Å². The molecule has 0 saturated carbocycles. The summed E-state index contributed by atoms with van der Waals surface area (Å²) in [7, 11) is 0. The predicted octanol–water partition coefficient (Wildman–Crippen LogP) is 3.06. The van der Waals surface area contributed by atoms with Crippen LogP contribution in [0.25, 0.3) is 0 Å². The van der Waals surface area contributed by atoms with Crippen LogP contribution < -0.4 is 5.73 Å². The average molecular weight is 253 g/mol. The third-order valence-electron chi connectivity index (χ3n) is 3.55. The molecule has 0 aliphatic heterocycles. The fourth-order valence-electron chi connectivity index (χ4n) is 2.24. The van der Waals surface area contributed by atoms with Crippen LogP contribution in [0.5, 0.6) is 0 Å². The number of carbonyl (C=O) groups excluding carboxylic acids is 1. The molecule has 2 heteroatoms. The Labute approximate surface area is 114 Å². The van der Waals surface area contributed by atoms with Crippen LogP contribution in [0.4, 0.5) is 0 Å². The standard InChI is InChI=1S/C17H19NO/c1-2-17(18,15-11-7-4-8-12-15)16(19)13-14-9-5-3-6-10-14/h3-12H,2,13,18H2,1H3. The van der Waals surface area contributed by atoms with Crippen molar-refractivity contribution in [2.75, 3.05) is 0 Å². The van der Waals surface area contributed by atoms with E-state index >= 15 is 0 Å². The highest BCUT2D eigenvalue weighted by Gasteiger charge is 2.33. The third kappa shape index (κ3) is 2.91. The van der Waals surface area contributed by atoms with E-state index in [2.05, 4.69) is 0 Å². The first kappa shape index (κ1) is 13.5. The molecule has 98 valence electrons. The Morgan fingerprint density at radius 3 is 2.05 bits per heavy atom. The number of hydrogen-bond acceptors (Lipinski definition) is 2. The van der Waals surface area contributed by atoms with Gasteiger partial charge in [-0.3, -0.25) is 4.79 Å². The Hall–Kier alpha value is -1.93. The molecule has 0 bridgehead atoms. The zero-order chi connectivity index (χ0) is 13.7. The highest BCUT2D eigenvalue weighted by atomic mass is 16.1. The number of rotatable bonds is 5. The van der Waals surface area contributed by atoms with Gasteiger partial charge in [0.2, 0.25) is 0 Å². The first-order valence-electron chi connectivity index (χ1n) is 6.58. The minimum Gasteiger partial charge on any atom is -0.315 e. The van der Waals surface area contributed by atoms with Crippen molar-refractivity contribution in [1.29, 1.82) is 0 Å².